The van der Waals surface area contributed by atoms with Crippen molar-refractivity contribution in [2.75, 3.05) is 19.8 Å². The number of ether oxygens (including phenoxy) is 5. The molecule has 5 rings (SSSR count). The molecule has 1 N–H and O–H groups in total. The number of epoxide rings is 1. The fourth-order valence-corrected chi connectivity index (χ4v) is 6.65. The first-order valence-corrected chi connectivity index (χ1v) is 12.7. The second kappa shape index (κ2) is 9.11. The molecular weight excluding hydrogens is 468 g/mol. The fourth-order valence-electron chi connectivity index (χ4n) is 6.65. The van der Waals surface area contributed by atoms with E-state index in [4.69, 9.17) is 23.7 Å². The minimum absolute atomic E-state index is 0.00000344. The van der Waals surface area contributed by atoms with Crippen LogP contribution in [0, 0.1) is 16.7 Å². The standard InChI is InChI=1S/C27H34O9/c1-16-8-10-26-14-33-24(31)23(30)17(2)9-11-32-21(28)6-4-5-7-22(29)36-18-13-20(35-19(26)12-16)27(15-34-27)25(18,26)3/h4-7,12,17-20,23,30H,8-11,13-15H2,1-3H3/b6-4+,7-5-/t17-,18-,19?,20-,23+,25-,26-,27+/m1/s1. The van der Waals surface area contributed by atoms with Crippen LogP contribution >= 0.6 is 0 Å². The largest absolute Gasteiger partial charge is 0.463 e. The van der Waals surface area contributed by atoms with Crippen molar-refractivity contribution >= 4 is 17.9 Å². The zero-order valence-corrected chi connectivity index (χ0v) is 20.9. The van der Waals surface area contributed by atoms with E-state index >= 15 is 0 Å². The summed E-state index contributed by atoms with van der Waals surface area (Å²) in [6.45, 7) is 6.34. The first-order valence-electron chi connectivity index (χ1n) is 12.7. The Morgan fingerprint density at radius 2 is 1.75 bits per heavy atom. The number of rotatable bonds is 0. The zero-order valence-electron chi connectivity index (χ0n) is 20.9. The molecule has 1 unspecified atom stereocenters. The second-order valence-corrected chi connectivity index (χ2v) is 11.0. The van der Waals surface area contributed by atoms with Crippen molar-refractivity contribution < 1.29 is 43.2 Å². The number of aliphatic hydroxyl groups excluding tert-OH is 1. The summed E-state index contributed by atoms with van der Waals surface area (Å²) in [6, 6.07) is 0. The summed E-state index contributed by atoms with van der Waals surface area (Å²) in [5.74, 6) is -2.34. The van der Waals surface area contributed by atoms with E-state index in [0.29, 0.717) is 19.4 Å². The van der Waals surface area contributed by atoms with Crippen LogP contribution in [0.25, 0.3) is 0 Å². The van der Waals surface area contributed by atoms with Gasteiger partial charge in [0.1, 0.15) is 18.3 Å². The lowest BCUT2D eigenvalue weighted by atomic mass is 9.51. The molecule has 0 radical (unpaired) electrons. The third-order valence-electron chi connectivity index (χ3n) is 9.12. The summed E-state index contributed by atoms with van der Waals surface area (Å²) in [6.07, 6.45) is 7.11. The summed E-state index contributed by atoms with van der Waals surface area (Å²) in [5, 5.41) is 10.6. The van der Waals surface area contributed by atoms with E-state index in [1.807, 2.05) is 0 Å². The van der Waals surface area contributed by atoms with Crippen molar-refractivity contribution in [2.24, 2.45) is 16.7 Å². The normalized spacial score (nSPS) is 46.8. The number of cyclic esters (lactones) is 2. The predicted molar refractivity (Wildman–Crippen MR) is 125 cm³/mol. The van der Waals surface area contributed by atoms with E-state index in [0.717, 1.165) is 6.42 Å². The molecule has 0 amide bonds. The van der Waals surface area contributed by atoms with Gasteiger partial charge < -0.3 is 28.8 Å². The van der Waals surface area contributed by atoms with Crippen molar-refractivity contribution in [1.29, 1.82) is 0 Å². The van der Waals surface area contributed by atoms with Gasteiger partial charge in [0.2, 0.25) is 0 Å². The number of aliphatic hydroxyl groups is 1. The first kappa shape index (κ1) is 25.2. The highest BCUT2D eigenvalue weighted by atomic mass is 16.6. The quantitative estimate of drug-likeness (QED) is 0.230. The van der Waals surface area contributed by atoms with Crippen LogP contribution < -0.4 is 0 Å². The molecule has 2 saturated heterocycles. The molecule has 5 aliphatic rings. The Morgan fingerprint density at radius 1 is 1.03 bits per heavy atom. The van der Waals surface area contributed by atoms with E-state index in [9.17, 15) is 19.5 Å². The van der Waals surface area contributed by atoms with Crippen LogP contribution in [0.3, 0.4) is 0 Å². The van der Waals surface area contributed by atoms with Crippen LogP contribution in [0.1, 0.15) is 46.5 Å². The predicted octanol–water partition coefficient (Wildman–Crippen LogP) is 2.17. The van der Waals surface area contributed by atoms with E-state index in [1.165, 1.54) is 29.9 Å². The molecule has 9 nitrogen and oxygen atoms in total. The monoisotopic (exact) mass is 502 g/mol. The zero-order chi connectivity index (χ0) is 25.7. The molecule has 0 aromatic rings. The topological polar surface area (TPSA) is 121 Å². The maximum absolute atomic E-state index is 12.9. The maximum atomic E-state index is 12.9. The van der Waals surface area contributed by atoms with E-state index < -0.39 is 52.5 Å². The molecule has 2 spiro atoms. The Kier molecular flexibility index (Phi) is 6.37. The Morgan fingerprint density at radius 3 is 2.47 bits per heavy atom. The van der Waals surface area contributed by atoms with Crippen molar-refractivity contribution in [3.8, 4) is 0 Å². The highest BCUT2D eigenvalue weighted by Crippen LogP contribution is 2.72. The van der Waals surface area contributed by atoms with Crippen molar-refractivity contribution in [2.45, 2.75) is 76.5 Å². The molecule has 1 saturated carbocycles. The molecule has 2 aliphatic carbocycles. The average molecular weight is 503 g/mol. The number of hydrogen-bond acceptors (Lipinski definition) is 9. The molecule has 0 aromatic heterocycles. The van der Waals surface area contributed by atoms with Crippen molar-refractivity contribution in [3.63, 3.8) is 0 Å². The Hall–Kier alpha value is -2.49. The SMILES string of the molecule is CC1=CC2O[C@@H]3C[C@H]4OC(=O)/C=C\C=C\C(=O)OCC[C@@H](C)[C@H](O)C(=O)OC[C@@]2(CC1)[C@]4(C)[C@]31CO1. The number of carbonyl (C=O) groups is 3. The molecule has 3 aliphatic heterocycles. The number of hydrogen-bond donors (Lipinski definition) is 1. The number of allylic oxidation sites excluding steroid dienone is 3. The molecule has 2 bridgehead atoms. The minimum atomic E-state index is -1.37. The summed E-state index contributed by atoms with van der Waals surface area (Å²) in [7, 11) is 0. The summed E-state index contributed by atoms with van der Waals surface area (Å²) < 4.78 is 29.6. The molecule has 36 heavy (non-hydrogen) atoms. The molecule has 196 valence electrons. The van der Waals surface area contributed by atoms with Gasteiger partial charge in [0, 0.05) is 24.0 Å². The van der Waals surface area contributed by atoms with Gasteiger partial charge in [-0.15, -0.1) is 0 Å². The van der Waals surface area contributed by atoms with Crippen LogP contribution in [0.4, 0.5) is 0 Å². The van der Waals surface area contributed by atoms with Gasteiger partial charge in [0.15, 0.2) is 6.10 Å². The molecule has 0 aromatic carbocycles. The molecule has 8 atom stereocenters. The third-order valence-corrected chi connectivity index (χ3v) is 9.12. The van der Waals surface area contributed by atoms with E-state index in [-0.39, 0.29) is 31.8 Å². The lowest BCUT2D eigenvalue weighted by molar-refractivity contribution is -0.234. The van der Waals surface area contributed by atoms with Gasteiger partial charge in [-0.25, -0.2) is 14.4 Å². The lowest BCUT2D eigenvalue weighted by Crippen LogP contribution is -2.66. The van der Waals surface area contributed by atoms with Gasteiger partial charge in [-0.3, -0.25) is 0 Å². The summed E-state index contributed by atoms with van der Waals surface area (Å²) >= 11 is 0. The van der Waals surface area contributed by atoms with Crippen molar-refractivity contribution in [1.82, 2.24) is 0 Å². The van der Waals surface area contributed by atoms with Gasteiger partial charge in [0.25, 0.3) is 0 Å². The fraction of sp³-hybridized carbons (Fsp3) is 0.667. The lowest BCUT2D eigenvalue weighted by Gasteiger charge is -2.58. The summed E-state index contributed by atoms with van der Waals surface area (Å²) in [5.41, 5.74) is -0.820. The molecule has 3 heterocycles. The Bertz CT molecular complexity index is 1020. The minimum Gasteiger partial charge on any atom is -0.463 e. The van der Waals surface area contributed by atoms with Crippen LogP contribution in [-0.2, 0) is 38.1 Å². The van der Waals surface area contributed by atoms with Crippen LogP contribution in [0.2, 0.25) is 0 Å². The van der Waals surface area contributed by atoms with Crippen LogP contribution in [0.5, 0.6) is 0 Å². The molecular formula is C27H34O9. The third kappa shape index (κ3) is 3.83. The average Bonchev–Trinajstić information content (AvgIpc) is 3.62. The van der Waals surface area contributed by atoms with Gasteiger partial charge in [0.05, 0.1) is 30.8 Å². The second-order valence-electron chi connectivity index (χ2n) is 11.0. The van der Waals surface area contributed by atoms with Gasteiger partial charge in [-0.05, 0) is 32.1 Å². The highest BCUT2D eigenvalue weighted by Gasteiger charge is 2.83. The molecule has 3 fully saturated rings. The Balaban J connectivity index is 1.52. The Labute approximate surface area is 210 Å². The van der Waals surface area contributed by atoms with Gasteiger partial charge >= 0.3 is 17.9 Å². The van der Waals surface area contributed by atoms with Crippen molar-refractivity contribution in [3.05, 3.63) is 36.0 Å². The van der Waals surface area contributed by atoms with Crippen LogP contribution in [-0.4, -0.2) is 72.9 Å². The van der Waals surface area contributed by atoms with E-state index in [2.05, 4.69) is 19.9 Å². The van der Waals surface area contributed by atoms with Gasteiger partial charge in [-0.1, -0.05) is 37.6 Å². The highest BCUT2D eigenvalue weighted by molar-refractivity contribution is 5.84. The molecule has 9 heteroatoms. The van der Waals surface area contributed by atoms with Gasteiger partial charge in [-0.2, -0.15) is 0 Å². The van der Waals surface area contributed by atoms with Crippen LogP contribution in [0.15, 0.2) is 36.0 Å². The maximum Gasteiger partial charge on any atom is 0.335 e. The summed E-state index contributed by atoms with van der Waals surface area (Å²) in [4.78, 5) is 37.6. The smallest absolute Gasteiger partial charge is 0.335 e. The number of esters is 3. The first-order chi connectivity index (χ1) is 17.1. The number of carbonyl (C=O) groups excluding carboxylic acids is 3. The van der Waals surface area contributed by atoms with E-state index in [1.54, 1.807) is 6.92 Å².